The van der Waals surface area contributed by atoms with Gasteiger partial charge in [-0.1, -0.05) is 30.3 Å². The second kappa shape index (κ2) is 7.11. The predicted octanol–water partition coefficient (Wildman–Crippen LogP) is 2.45. The van der Waals surface area contributed by atoms with Gasteiger partial charge in [-0.2, -0.15) is 0 Å². The molecule has 0 radical (unpaired) electrons. The number of nitrogens with one attached hydrogen (secondary N) is 2. The number of amides is 1. The Bertz CT molecular complexity index is 525. The Morgan fingerprint density at radius 2 is 1.89 bits per heavy atom. The van der Waals surface area contributed by atoms with Gasteiger partial charge < -0.3 is 15.1 Å². The third-order valence-corrected chi connectivity index (χ3v) is 2.97. The van der Waals surface area contributed by atoms with Crippen LogP contribution in [0.1, 0.15) is 11.3 Å². The number of benzene rings is 1. The Kier molecular flexibility index (Phi) is 5.18. The molecule has 0 fully saturated rings. The molecule has 0 unspecified atom stereocenters. The first-order valence-corrected chi connectivity index (χ1v) is 6.79. The van der Waals surface area contributed by atoms with E-state index in [1.807, 2.05) is 42.5 Å². The minimum atomic E-state index is -0.0329. The van der Waals surface area contributed by atoms with Gasteiger partial charge in [-0.25, -0.2) is 0 Å². The summed E-state index contributed by atoms with van der Waals surface area (Å²) < 4.78 is 6.01. The van der Waals surface area contributed by atoms with Crippen molar-refractivity contribution in [1.82, 2.24) is 10.6 Å². The number of rotatable bonds is 6. The summed E-state index contributed by atoms with van der Waals surface area (Å²) >= 11 is 3.23. The van der Waals surface area contributed by atoms with Gasteiger partial charge in [0.15, 0.2) is 4.67 Å². The van der Waals surface area contributed by atoms with Gasteiger partial charge in [0.1, 0.15) is 5.76 Å². The fourth-order valence-electron chi connectivity index (χ4n) is 1.60. The summed E-state index contributed by atoms with van der Waals surface area (Å²) in [5.41, 5.74) is 1.09. The van der Waals surface area contributed by atoms with Crippen LogP contribution in [0.3, 0.4) is 0 Å². The third kappa shape index (κ3) is 4.89. The summed E-state index contributed by atoms with van der Waals surface area (Å²) in [6, 6.07) is 13.5. The fourth-order valence-corrected chi connectivity index (χ4v) is 1.95. The van der Waals surface area contributed by atoms with Gasteiger partial charge in [-0.3, -0.25) is 4.79 Å². The maximum atomic E-state index is 11.6. The number of carbonyl (C=O) groups excluding carboxylic acids is 1. The van der Waals surface area contributed by atoms with Gasteiger partial charge in [-0.15, -0.1) is 0 Å². The Balaban J connectivity index is 1.65. The summed E-state index contributed by atoms with van der Waals surface area (Å²) in [5.74, 6) is 0.761. The normalized spacial score (nSPS) is 10.4. The first-order valence-electron chi connectivity index (χ1n) is 5.99. The molecule has 100 valence electrons. The van der Waals surface area contributed by atoms with Crippen molar-refractivity contribution in [2.45, 2.75) is 13.1 Å². The second-order valence-electron chi connectivity index (χ2n) is 4.07. The number of furan rings is 1. The molecule has 4 nitrogen and oxygen atoms in total. The van der Waals surface area contributed by atoms with Crippen LogP contribution in [0.25, 0.3) is 0 Å². The highest BCUT2D eigenvalue weighted by molar-refractivity contribution is 9.10. The van der Waals surface area contributed by atoms with E-state index >= 15 is 0 Å². The Labute approximate surface area is 120 Å². The van der Waals surface area contributed by atoms with E-state index in [1.165, 1.54) is 0 Å². The van der Waals surface area contributed by atoms with Gasteiger partial charge in [-0.05, 0) is 33.6 Å². The molecule has 2 rings (SSSR count). The van der Waals surface area contributed by atoms with Crippen LogP contribution in [-0.4, -0.2) is 12.5 Å². The Hall–Kier alpha value is -1.59. The minimum Gasteiger partial charge on any atom is -0.453 e. The molecule has 1 aromatic carbocycles. The van der Waals surface area contributed by atoms with Crippen LogP contribution in [0.4, 0.5) is 0 Å². The van der Waals surface area contributed by atoms with Crippen LogP contribution in [-0.2, 0) is 17.9 Å². The standard InChI is InChI=1S/C14H15BrN2O2/c15-13-7-6-12(19-13)9-16-10-14(18)17-8-11-4-2-1-3-5-11/h1-7,16H,8-10H2,(H,17,18). The number of carbonyl (C=O) groups is 1. The minimum absolute atomic E-state index is 0.0329. The molecule has 0 aliphatic heterocycles. The van der Waals surface area contributed by atoms with E-state index in [1.54, 1.807) is 0 Å². The predicted molar refractivity (Wildman–Crippen MR) is 76.4 cm³/mol. The second-order valence-corrected chi connectivity index (χ2v) is 4.85. The van der Waals surface area contributed by atoms with E-state index in [-0.39, 0.29) is 12.5 Å². The molecule has 0 saturated heterocycles. The molecule has 0 spiro atoms. The SMILES string of the molecule is O=C(CNCc1ccc(Br)o1)NCc1ccccc1. The van der Waals surface area contributed by atoms with E-state index in [4.69, 9.17) is 4.42 Å². The average Bonchev–Trinajstić information content (AvgIpc) is 2.83. The first kappa shape index (κ1) is 13.8. The third-order valence-electron chi connectivity index (χ3n) is 2.55. The van der Waals surface area contributed by atoms with E-state index in [9.17, 15) is 4.79 Å². The number of hydrogen-bond acceptors (Lipinski definition) is 3. The van der Waals surface area contributed by atoms with Crippen LogP contribution in [0, 0.1) is 0 Å². The molecule has 1 aromatic heterocycles. The lowest BCUT2D eigenvalue weighted by molar-refractivity contribution is -0.120. The topological polar surface area (TPSA) is 54.3 Å². The van der Waals surface area contributed by atoms with Gasteiger partial charge in [0.25, 0.3) is 0 Å². The summed E-state index contributed by atoms with van der Waals surface area (Å²) in [7, 11) is 0. The molecule has 0 saturated carbocycles. The molecule has 19 heavy (non-hydrogen) atoms. The zero-order valence-corrected chi connectivity index (χ0v) is 11.9. The summed E-state index contributed by atoms with van der Waals surface area (Å²) in [6.07, 6.45) is 0. The Morgan fingerprint density at radius 1 is 1.11 bits per heavy atom. The maximum absolute atomic E-state index is 11.6. The van der Waals surface area contributed by atoms with Crippen molar-refractivity contribution in [3.63, 3.8) is 0 Å². The lowest BCUT2D eigenvalue weighted by Crippen LogP contribution is -2.33. The molecule has 0 atom stereocenters. The smallest absolute Gasteiger partial charge is 0.234 e. The molecule has 5 heteroatoms. The van der Waals surface area contributed by atoms with Crippen molar-refractivity contribution in [2.75, 3.05) is 6.54 Å². The molecular weight excluding hydrogens is 308 g/mol. The molecule has 2 N–H and O–H groups in total. The lowest BCUT2D eigenvalue weighted by Gasteiger charge is -2.05. The maximum Gasteiger partial charge on any atom is 0.234 e. The van der Waals surface area contributed by atoms with Crippen molar-refractivity contribution < 1.29 is 9.21 Å². The molecule has 2 aromatic rings. The summed E-state index contributed by atoms with van der Waals surface area (Å²) in [6.45, 7) is 1.35. The van der Waals surface area contributed by atoms with Gasteiger partial charge >= 0.3 is 0 Å². The monoisotopic (exact) mass is 322 g/mol. The van der Waals surface area contributed by atoms with Crippen molar-refractivity contribution in [3.8, 4) is 0 Å². The molecule has 0 aliphatic rings. The molecular formula is C14H15BrN2O2. The number of hydrogen-bond donors (Lipinski definition) is 2. The highest BCUT2D eigenvalue weighted by Gasteiger charge is 2.02. The number of halogens is 1. The highest BCUT2D eigenvalue weighted by atomic mass is 79.9. The molecule has 1 amide bonds. The van der Waals surface area contributed by atoms with E-state index in [0.29, 0.717) is 17.8 Å². The quantitative estimate of drug-likeness (QED) is 0.859. The van der Waals surface area contributed by atoms with Crippen molar-refractivity contribution in [1.29, 1.82) is 0 Å². The van der Waals surface area contributed by atoms with Crippen molar-refractivity contribution in [2.24, 2.45) is 0 Å². The zero-order chi connectivity index (χ0) is 13.5. The van der Waals surface area contributed by atoms with Gasteiger partial charge in [0.2, 0.25) is 5.91 Å². The molecule has 0 bridgehead atoms. The summed E-state index contributed by atoms with van der Waals surface area (Å²) in [4.78, 5) is 11.6. The zero-order valence-electron chi connectivity index (χ0n) is 10.4. The first-order chi connectivity index (χ1) is 9.24. The largest absolute Gasteiger partial charge is 0.453 e. The average molecular weight is 323 g/mol. The van der Waals surface area contributed by atoms with Gasteiger partial charge in [0, 0.05) is 6.54 Å². The van der Waals surface area contributed by atoms with Gasteiger partial charge in [0.05, 0.1) is 13.1 Å². The molecule has 0 aliphatic carbocycles. The van der Waals surface area contributed by atoms with Crippen molar-refractivity contribution >= 4 is 21.8 Å². The highest BCUT2D eigenvalue weighted by Crippen LogP contribution is 2.13. The van der Waals surface area contributed by atoms with Crippen LogP contribution in [0.2, 0.25) is 0 Å². The molecule has 1 heterocycles. The Morgan fingerprint density at radius 3 is 2.58 bits per heavy atom. The van der Waals surface area contributed by atoms with Crippen LogP contribution >= 0.6 is 15.9 Å². The van der Waals surface area contributed by atoms with Crippen LogP contribution in [0.15, 0.2) is 51.6 Å². The van der Waals surface area contributed by atoms with Crippen LogP contribution in [0.5, 0.6) is 0 Å². The van der Waals surface area contributed by atoms with E-state index in [2.05, 4.69) is 26.6 Å². The lowest BCUT2D eigenvalue weighted by atomic mass is 10.2. The van der Waals surface area contributed by atoms with E-state index in [0.717, 1.165) is 11.3 Å². The fraction of sp³-hybridized carbons (Fsp3) is 0.214. The van der Waals surface area contributed by atoms with Crippen molar-refractivity contribution in [3.05, 3.63) is 58.5 Å². The van der Waals surface area contributed by atoms with Crippen LogP contribution < -0.4 is 10.6 Å². The van der Waals surface area contributed by atoms with E-state index < -0.39 is 0 Å². The summed E-state index contributed by atoms with van der Waals surface area (Å²) in [5, 5.41) is 5.87.